The number of nitrogens with two attached hydrogens (primary N) is 2. The van der Waals surface area contributed by atoms with E-state index in [1.807, 2.05) is 0 Å². The van der Waals surface area contributed by atoms with Gasteiger partial charge in [-0.25, -0.2) is 37.5 Å². The number of hydrogen-bond donors (Lipinski definition) is 3. The fraction of sp³-hybridized carbons (Fsp3) is 0.145. The van der Waals surface area contributed by atoms with Crippen molar-refractivity contribution in [1.82, 2.24) is 34.9 Å². The molecule has 0 aliphatic carbocycles. The number of pyridine rings is 7. The van der Waals surface area contributed by atoms with Gasteiger partial charge in [-0.2, -0.15) is 0 Å². The van der Waals surface area contributed by atoms with Gasteiger partial charge in [0.15, 0.2) is 69.3 Å². The maximum atomic E-state index is 14.1. The van der Waals surface area contributed by atoms with Crippen molar-refractivity contribution in [2.75, 3.05) is 68.3 Å². The molecule has 10 aromatic rings. The molecule has 0 aliphatic heterocycles. The average Bonchev–Trinajstić information content (AvgIpc) is 2.57. The number of hydrogen-bond acceptors (Lipinski definition) is 23. The van der Waals surface area contributed by atoms with Gasteiger partial charge < -0.3 is 63.8 Å². The minimum absolute atomic E-state index is 0.0447. The second-order valence-corrected chi connectivity index (χ2v) is 16.3. The molecule has 0 saturated heterocycles. The highest BCUT2D eigenvalue weighted by Crippen LogP contribution is 2.37. The number of fused-ring (bicyclic) bond motifs is 3. The molecule has 3 aromatic carbocycles. The summed E-state index contributed by atoms with van der Waals surface area (Å²) in [5, 5.41) is 20.7. The molecule has 0 radical (unpaired) electrons. The van der Waals surface area contributed by atoms with Gasteiger partial charge in [0, 0.05) is 84.9 Å². The van der Waals surface area contributed by atoms with E-state index in [4.69, 9.17) is 58.8 Å². The molecule has 0 aliphatic rings. The molecule has 442 valence electrons. The first-order valence-electron chi connectivity index (χ1n) is 23.9. The van der Waals surface area contributed by atoms with Crippen molar-refractivity contribution in [3.05, 3.63) is 176 Å². The van der Waals surface area contributed by atoms with Crippen LogP contribution in [0.3, 0.4) is 0 Å². The molecule has 26 nitrogen and oxygen atoms in total. The number of halogens is 4. The van der Waals surface area contributed by atoms with Crippen molar-refractivity contribution in [3.8, 4) is 69.5 Å². The van der Waals surface area contributed by atoms with Crippen LogP contribution < -0.4 is 64.3 Å². The van der Waals surface area contributed by atoms with Crippen LogP contribution in [0, 0.1) is 43.5 Å². The quantitative estimate of drug-likeness (QED) is 0.0394. The lowest BCUT2D eigenvalue weighted by Gasteiger charge is -2.11. The molecule has 5 N–H and O–H groups in total. The summed E-state index contributed by atoms with van der Waals surface area (Å²) in [6.07, 6.45) is 6.09. The van der Waals surface area contributed by atoms with Gasteiger partial charge in [-0.1, -0.05) is 0 Å². The highest BCUT2D eigenvalue weighted by molar-refractivity contribution is 5.84. The zero-order chi connectivity index (χ0) is 61.9. The topological polar surface area (TPSA) is 341 Å². The maximum Gasteiger partial charge on any atom is 0.272 e. The van der Waals surface area contributed by atoms with Crippen LogP contribution in [0.15, 0.2) is 127 Å². The van der Waals surface area contributed by atoms with E-state index >= 15 is 0 Å². The van der Waals surface area contributed by atoms with Gasteiger partial charge in [-0.05, 0) is 24.3 Å². The number of anilines is 2. The van der Waals surface area contributed by atoms with Crippen molar-refractivity contribution in [1.29, 1.82) is 0 Å². The lowest BCUT2D eigenvalue weighted by atomic mass is 10.2. The zero-order valence-electron chi connectivity index (χ0n) is 45.9. The number of aromatic amines is 1. The van der Waals surface area contributed by atoms with Gasteiger partial charge in [0.25, 0.3) is 34.9 Å². The van der Waals surface area contributed by atoms with Crippen LogP contribution in [0.1, 0.15) is 0 Å². The molecule has 7 aromatic heterocycles. The third-order valence-corrected chi connectivity index (χ3v) is 11.0. The third kappa shape index (κ3) is 15.9. The summed E-state index contributed by atoms with van der Waals surface area (Å²) in [4.78, 5) is 58.5. The van der Waals surface area contributed by atoms with Gasteiger partial charge in [-0.3, -0.25) is 35.0 Å². The van der Waals surface area contributed by atoms with Crippen LogP contribution in [-0.4, -0.2) is 102 Å². The maximum absolute atomic E-state index is 14.1. The highest BCUT2D eigenvalue weighted by atomic mass is 19.2. The Hall–Kier alpha value is -11.6. The minimum Gasteiger partial charge on any atom is -0.491 e. The van der Waals surface area contributed by atoms with Crippen molar-refractivity contribution in [2.24, 2.45) is 0 Å². The summed E-state index contributed by atoms with van der Waals surface area (Å²) in [5.41, 5.74) is 13.6. The highest BCUT2D eigenvalue weighted by Gasteiger charge is 2.18. The largest absolute Gasteiger partial charge is 0.491 e. The molecule has 85 heavy (non-hydrogen) atoms. The summed E-state index contributed by atoms with van der Waals surface area (Å²) in [7, 11) is 12.0. The molecule has 0 atom stereocenters. The van der Waals surface area contributed by atoms with E-state index in [-0.39, 0.29) is 40.1 Å². The van der Waals surface area contributed by atoms with E-state index in [9.17, 15) is 42.6 Å². The number of nitro benzene ring substituents is 2. The van der Waals surface area contributed by atoms with E-state index in [2.05, 4.69) is 34.9 Å². The molecule has 0 fully saturated rings. The molecule has 0 spiro atoms. The Morgan fingerprint density at radius 1 is 0.435 bits per heavy atom. The van der Waals surface area contributed by atoms with Crippen LogP contribution in [0.5, 0.6) is 69.5 Å². The molecule has 0 amide bonds. The predicted molar refractivity (Wildman–Crippen MR) is 300 cm³/mol. The number of nitrogens with zero attached hydrogens (tertiary/aromatic N) is 8. The van der Waals surface area contributed by atoms with Gasteiger partial charge in [0.1, 0.15) is 16.6 Å². The Kier molecular flexibility index (Phi) is 21.5. The number of nitro groups is 2. The fourth-order valence-corrected chi connectivity index (χ4v) is 7.00. The number of nitrogens with one attached hydrogen (secondary N) is 1. The predicted octanol–water partition coefficient (Wildman–Crippen LogP) is 10.1. The number of rotatable bonds is 14. The molecule has 30 heteroatoms. The minimum atomic E-state index is -1.21. The number of non-ortho nitro benzene ring substituents is 2. The van der Waals surface area contributed by atoms with Crippen LogP contribution in [0.2, 0.25) is 0 Å². The number of methoxy groups -OCH3 is 8. The molecule has 7 heterocycles. The second-order valence-electron chi connectivity index (χ2n) is 16.3. The van der Waals surface area contributed by atoms with Gasteiger partial charge in [-0.15, -0.1) is 0 Å². The van der Waals surface area contributed by atoms with Crippen molar-refractivity contribution in [2.45, 2.75) is 0 Å². The van der Waals surface area contributed by atoms with Gasteiger partial charge in [0.2, 0.25) is 5.43 Å². The van der Waals surface area contributed by atoms with Crippen LogP contribution in [0.4, 0.5) is 40.3 Å². The monoisotopic (exact) mass is 1180 g/mol. The number of aromatic nitrogens is 7. The summed E-state index contributed by atoms with van der Waals surface area (Å²) < 4.78 is 104. The number of nitrogen functional groups attached to an aromatic ring is 2. The summed E-state index contributed by atoms with van der Waals surface area (Å²) in [6, 6.07) is 20.6. The molecule has 0 bridgehead atoms. The van der Waals surface area contributed by atoms with E-state index in [1.54, 1.807) is 55.9 Å². The van der Waals surface area contributed by atoms with Gasteiger partial charge >= 0.3 is 0 Å². The summed E-state index contributed by atoms with van der Waals surface area (Å²) in [6.45, 7) is 0. The molecular formula is C55H49F4N11O15. The van der Waals surface area contributed by atoms with Crippen molar-refractivity contribution in [3.63, 3.8) is 0 Å². The normalized spacial score (nSPS) is 10.2. The number of benzene rings is 3. The van der Waals surface area contributed by atoms with Crippen molar-refractivity contribution >= 4 is 55.8 Å². The first-order chi connectivity index (χ1) is 40.8. The number of H-pyrrole nitrogens is 1. The lowest BCUT2D eigenvalue weighted by Crippen LogP contribution is -2.04. The third-order valence-electron chi connectivity index (χ3n) is 11.0. The first-order valence-corrected chi connectivity index (χ1v) is 23.9. The Balaban J connectivity index is 0.000000177. The second kappa shape index (κ2) is 29.2. The van der Waals surface area contributed by atoms with E-state index in [0.717, 1.165) is 18.2 Å². The Bertz CT molecular complexity index is 4080. The Morgan fingerprint density at radius 2 is 0.882 bits per heavy atom. The Morgan fingerprint density at radius 3 is 1.34 bits per heavy atom. The first kappa shape index (κ1) is 62.6. The molecular weight excluding hydrogens is 1130 g/mol. The SMILES string of the molecule is COc1cc(N)cnc1OC.COc1cc2[nH]ccc(=O)c2nc1OC.COc1cc2nccc(Oc3ccc(N)cc3F)c2nc1OC.COc1cc2nccc(Oc3ccc([N+](=O)[O-])cc3F)c2nc1OC.O=[N+]([O-])c1ccc(F)c(F)c1. The van der Waals surface area contributed by atoms with Crippen LogP contribution >= 0.6 is 0 Å². The van der Waals surface area contributed by atoms with Crippen LogP contribution in [-0.2, 0) is 0 Å². The average molecular weight is 1180 g/mol. The standard InChI is InChI=1S/C16H12FN3O5.C16H14FN3O3.C10H10N2O3.C7H10N2O2.C6H3F2NO2/c1-23-14-8-11-15(19-16(14)24-2)13(5-6-18-11)25-12-4-3-9(20(21)22)7-10(12)17;1-21-14-8-11-15(20-16(14)22-2)13(5-6-19-11)23-12-4-3-9(18)7-10(12)17;1-14-8-5-6-9(12-10(8)15-2)7(13)3-4-11-6;1-10-6-3-5(8)4-9-7(6)11-2;7-5-2-1-4(9(10)11)3-6(5)8/h3-8H,1-2H3;3-8H,18H2,1-2H3;3-5H,1-2H3,(H,11,13);3-4H,8H2,1-2H3;1-3H. The fourth-order valence-electron chi connectivity index (χ4n) is 7.00. The van der Waals surface area contributed by atoms with Gasteiger partial charge in [0.05, 0.1) is 107 Å². The van der Waals surface area contributed by atoms with Crippen molar-refractivity contribution < 1.29 is 74.8 Å². The molecule has 0 unspecified atom stereocenters. The Labute approximate surface area is 477 Å². The van der Waals surface area contributed by atoms with E-state index < -0.39 is 38.8 Å². The zero-order valence-corrected chi connectivity index (χ0v) is 45.9. The summed E-state index contributed by atoms with van der Waals surface area (Å²) >= 11 is 0. The number of ether oxygens (including phenoxy) is 10. The lowest BCUT2D eigenvalue weighted by molar-refractivity contribution is -0.385. The van der Waals surface area contributed by atoms with Crippen LogP contribution in [0.25, 0.3) is 33.1 Å². The molecule has 0 saturated carbocycles. The molecule has 10 rings (SSSR count). The smallest absolute Gasteiger partial charge is 0.272 e. The van der Waals surface area contributed by atoms with E-state index in [1.165, 1.54) is 92.5 Å². The van der Waals surface area contributed by atoms with E-state index in [0.29, 0.717) is 97.1 Å². The summed E-state index contributed by atoms with van der Waals surface area (Å²) in [5.74, 6) is -0.138.